The SMILES string of the molecule is Cc1ccc(NC(=O)N2C(CC(C)C)SCC2C(=O)OCC(C)C)cc1C. The van der Waals surface area contributed by atoms with Crippen LogP contribution in [0.15, 0.2) is 18.2 Å². The number of rotatable bonds is 6. The second-order valence-electron chi connectivity index (χ2n) is 8.09. The van der Waals surface area contributed by atoms with Crippen LogP contribution in [0.2, 0.25) is 0 Å². The Morgan fingerprint density at radius 1 is 1.19 bits per heavy atom. The van der Waals surface area contributed by atoms with E-state index in [2.05, 4.69) is 19.2 Å². The van der Waals surface area contributed by atoms with Crippen molar-refractivity contribution in [1.29, 1.82) is 0 Å². The summed E-state index contributed by atoms with van der Waals surface area (Å²) in [5.74, 6) is 0.976. The minimum absolute atomic E-state index is 0.0202. The molecule has 1 aliphatic rings. The van der Waals surface area contributed by atoms with E-state index in [4.69, 9.17) is 4.74 Å². The Labute approximate surface area is 167 Å². The molecule has 0 radical (unpaired) electrons. The summed E-state index contributed by atoms with van der Waals surface area (Å²) >= 11 is 1.66. The highest BCUT2D eigenvalue weighted by atomic mass is 32.2. The number of carbonyl (C=O) groups is 2. The summed E-state index contributed by atoms with van der Waals surface area (Å²) in [5.41, 5.74) is 3.05. The van der Waals surface area contributed by atoms with Crippen molar-refractivity contribution in [2.75, 3.05) is 17.7 Å². The molecule has 0 saturated carbocycles. The van der Waals surface area contributed by atoms with Gasteiger partial charge in [0.15, 0.2) is 0 Å². The minimum atomic E-state index is -0.538. The molecule has 6 heteroatoms. The number of urea groups is 1. The number of aryl methyl sites for hydroxylation is 2. The standard InChI is InChI=1S/C21H32N2O3S/c1-13(2)9-19-23(18(12-27-19)20(24)26-11-14(3)4)21(25)22-17-8-7-15(5)16(6)10-17/h7-8,10,13-14,18-19H,9,11-12H2,1-6H3,(H,22,25). The summed E-state index contributed by atoms with van der Waals surface area (Å²) in [6, 6.07) is 5.07. The van der Waals surface area contributed by atoms with Crippen molar-refractivity contribution in [2.24, 2.45) is 11.8 Å². The lowest BCUT2D eigenvalue weighted by molar-refractivity contribution is -0.149. The van der Waals surface area contributed by atoms with Crippen LogP contribution in [0.1, 0.15) is 45.2 Å². The van der Waals surface area contributed by atoms with Gasteiger partial charge in [0.05, 0.1) is 12.0 Å². The van der Waals surface area contributed by atoms with Crippen LogP contribution < -0.4 is 5.32 Å². The van der Waals surface area contributed by atoms with Crippen molar-refractivity contribution in [2.45, 2.75) is 59.4 Å². The molecule has 0 aromatic heterocycles. The molecular weight excluding hydrogens is 360 g/mol. The maximum absolute atomic E-state index is 13.0. The van der Waals surface area contributed by atoms with Gasteiger partial charge in [0, 0.05) is 11.4 Å². The molecule has 0 bridgehead atoms. The zero-order valence-corrected chi connectivity index (χ0v) is 18.1. The predicted octanol–water partition coefficient (Wildman–Crippen LogP) is 4.82. The van der Waals surface area contributed by atoms with Crippen molar-refractivity contribution in [1.82, 2.24) is 4.90 Å². The van der Waals surface area contributed by atoms with Crippen molar-refractivity contribution < 1.29 is 14.3 Å². The summed E-state index contributed by atoms with van der Waals surface area (Å²) < 4.78 is 5.43. The molecule has 2 rings (SSSR count). The Morgan fingerprint density at radius 3 is 2.48 bits per heavy atom. The number of nitrogens with zero attached hydrogens (tertiary/aromatic N) is 1. The van der Waals surface area contributed by atoms with Crippen molar-refractivity contribution >= 4 is 29.4 Å². The van der Waals surface area contributed by atoms with Gasteiger partial charge in [-0.2, -0.15) is 0 Å². The highest BCUT2D eigenvalue weighted by molar-refractivity contribution is 8.00. The molecule has 1 aromatic carbocycles. The highest BCUT2D eigenvalue weighted by Crippen LogP contribution is 2.34. The predicted molar refractivity (Wildman–Crippen MR) is 112 cm³/mol. The highest BCUT2D eigenvalue weighted by Gasteiger charge is 2.42. The average Bonchev–Trinajstić information content (AvgIpc) is 2.99. The lowest BCUT2D eigenvalue weighted by Crippen LogP contribution is -2.48. The van der Waals surface area contributed by atoms with Crippen molar-refractivity contribution in [3.05, 3.63) is 29.3 Å². The molecule has 2 atom stereocenters. The van der Waals surface area contributed by atoms with E-state index in [-0.39, 0.29) is 23.3 Å². The number of amides is 2. The first-order chi connectivity index (χ1) is 12.7. The van der Waals surface area contributed by atoms with E-state index in [0.717, 1.165) is 17.7 Å². The third kappa shape index (κ3) is 5.89. The van der Waals surface area contributed by atoms with Gasteiger partial charge in [-0.25, -0.2) is 9.59 Å². The fourth-order valence-corrected chi connectivity index (χ4v) is 4.58. The van der Waals surface area contributed by atoms with Crippen LogP contribution in [-0.2, 0) is 9.53 Å². The van der Waals surface area contributed by atoms with E-state index in [1.54, 1.807) is 16.7 Å². The Bertz CT molecular complexity index is 675. The van der Waals surface area contributed by atoms with Crippen LogP contribution in [0.4, 0.5) is 10.5 Å². The average molecular weight is 393 g/mol. The number of esters is 1. The van der Waals surface area contributed by atoms with Crippen LogP contribution in [-0.4, -0.2) is 40.7 Å². The third-order valence-electron chi connectivity index (χ3n) is 4.59. The molecule has 1 N–H and O–H groups in total. The van der Waals surface area contributed by atoms with Gasteiger partial charge in [0.2, 0.25) is 0 Å². The number of anilines is 1. The molecule has 27 heavy (non-hydrogen) atoms. The summed E-state index contributed by atoms with van der Waals surface area (Å²) in [6.45, 7) is 12.7. The molecule has 150 valence electrons. The zero-order chi connectivity index (χ0) is 20.1. The lowest BCUT2D eigenvalue weighted by Gasteiger charge is -2.29. The summed E-state index contributed by atoms with van der Waals surface area (Å²) in [4.78, 5) is 27.3. The molecule has 2 amide bonds. The van der Waals surface area contributed by atoms with Gasteiger partial charge in [-0.3, -0.25) is 4.90 Å². The van der Waals surface area contributed by atoms with Crippen LogP contribution in [0.5, 0.6) is 0 Å². The number of thioether (sulfide) groups is 1. The van der Waals surface area contributed by atoms with E-state index < -0.39 is 6.04 Å². The Hall–Kier alpha value is -1.69. The van der Waals surface area contributed by atoms with Gasteiger partial charge in [-0.1, -0.05) is 33.8 Å². The quantitative estimate of drug-likeness (QED) is 0.705. The van der Waals surface area contributed by atoms with Gasteiger partial charge in [0.1, 0.15) is 6.04 Å². The maximum atomic E-state index is 13.0. The molecule has 1 aliphatic heterocycles. The zero-order valence-electron chi connectivity index (χ0n) is 17.2. The molecular formula is C21H32N2O3S. The van der Waals surface area contributed by atoms with Gasteiger partial charge < -0.3 is 10.1 Å². The van der Waals surface area contributed by atoms with Gasteiger partial charge >= 0.3 is 12.0 Å². The summed E-state index contributed by atoms with van der Waals surface area (Å²) in [6.07, 6.45) is 0.846. The molecule has 2 unspecified atom stereocenters. The number of nitrogens with one attached hydrogen (secondary N) is 1. The first-order valence-electron chi connectivity index (χ1n) is 9.63. The van der Waals surface area contributed by atoms with E-state index >= 15 is 0 Å². The fourth-order valence-electron chi connectivity index (χ4n) is 2.95. The Kier molecular flexibility index (Phi) is 7.59. The van der Waals surface area contributed by atoms with Gasteiger partial charge in [-0.15, -0.1) is 11.8 Å². The number of hydrogen-bond donors (Lipinski definition) is 1. The molecule has 0 aliphatic carbocycles. The topological polar surface area (TPSA) is 58.6 Å². The van der Waals surface area contributed by atoms with Crippen molar-refractivity contribution in [3.63, 3.8) is 0 Å². The molecule has 1 aromatic rings. The number of ether oxygens (including phenoxy) is 1. The first-order valence-corrected chi connectivity index (χ1v) is 10.7. The second-order valence-corrected chi connectivity index (χ2v) is 9.30. The summed E-state index contributed by atoms with van der Waals surface area (Å²) in [5, 5.41) is 2.95. The Morgan fingerprint density at radius 2 is 1.89 bits per heavy atom. The third-order valence-corrected chi connectivity index (χ3v) is 5.90. The fraction of sp³-hybridized carbons (Fsp3) is 0.619. The minimum Gasteiger partial charge on any atom is -0.464 e. The van der Waals surface area contributed by atoms with Crippen LogP contribution in [0, 0.1) is 25.7 Å². The first kappa shape index (κ1) is 21.6. The second kappa shape index (κ2) is 9.49. The monoisotopic (exact) mass is 392 g/mol. The molecule has 0 spiro atoms. The van der Waals surface area contributed by atoms with Crippen molar-refractivity contribution in [3.8, 4) is 0 Å². The molecule has 1 fully saturated rings. The number of carbonyl (C=O) groups excluding carboxylic acids is 2. The molecule has 1 heterocycles. The van der Waals surface area contributed by atoms with E-state index in [9.17, 15) is 9.59 Å². The van der Waals surface area contributed by atoms with Crippen LogP contribution in [0.3, 0.4) is 0 Å². The summed E-state index contributed by atoms with van der Waals surface area (Å²) in [7, 11) is 0. The molecule has 1 saturated heterocycles. The Balaban J connectivity index is 2.16. The van der Waals surface area contributed by atoms with E-state index in [1.807, 2.05) is 45.9 Å². The number of benzene rings is 1. The van der Waals surface area contributed by atoms with Crippen LogP contribution in [0.25, 0.3) is 0 Å². The van der Waals surface area contributed by atoms with Gasteiger partial charge in [-0.05, 0) is 55.4 Å². The smallest absolute Gasteiger partial charge is 0.329 e. The normalized spacial score (nSPS) is 19.6. The number of hydrogen-bond acceptors (Lipinski definition) is 4. The molecule has 5 nitrogen and oxygen atoms in total. The lowest BCUT2D eigenvalue weighted by atomic mass is 10.1. The maximum Gasteiger partial charge on any atom is 0.329 e. The van der Waals surface area contributed by atoms with E-state index in [0.29, 0.717) is 18.3 Å². The van der Waals surface area contributed by atoms with Crippen LogP contribution >= 0.6 is 11.8 Å². The van der Waals surface area contributed by atoms with Gasteiger partial charge in [0.25, 0.3) is 0 Å². The largest absolute Gasteiger partial charge is 0.464 e. The van der Waals surface area contributed by atoms with E-state index in [1.165, 1.54) is 5.56 Å².